The molecule has 0 fully saturated rings. The van der Waals surface area contributed by atoms with E-state index in [-0.39, 0.29) is 25.4 Å². The van der Waals surface area contributed by atoms with E-state index in [2.05, 4.69) is 0 Å². The van der Waals surface area contributed by atoms with Gasteiger partial charge in [-0.25, -0.2) is 14.0 Å². The Hall–Kier alpha value is -2.23. The van der Waals surface area contributed by atoms with Crippen LogP contribution in [0, 0.1) is 5.82 Å². The second-order valence-electron chi connectivity index (χ2n) is 6.53. The van der Waals surface area contributed by atoms with Crippen LogP contribution in [-0.4, -0.2) is 30.0 Å². The Morgan fingerprint density at radius 3 is 2.09 bits per heavy atom. The molecule has 0 saturated carbocycles. The lowest BCUT2D eigenvalue weighted by Crippen LogP contribution is -2.45. The molecule has 0 N–H and O–H groups in total. The molecule has 33 heavy (non-hydrogen) atoms. The largest absolute Gasteiger partial charge is 0.464 e. The van der Waals surface area contributed by atoms with Crippen molar-refractivity contribution in [3.05, 3.63) is 57.3 Å². The van der Waals surface area contributed by atoms with Crippen LogP contribution in [0.2, 0.25) is 10.0 Å². The molecule has 0 amide bonds. The topological polar surface area (TPSA) is 61.8 Å². The number of hydrogen-bond donors (Lipinski definition) is 0. The predicted molar refractivity (Wildman–Crippen MR) is 113 cm³/mol. The van der Waals surface area contributed by atoms with E-state index in [0.717, 1.165) is 0 Å². The van der Waals surface area contributed by atoms with Crippen molar-refractivity contribution in [3.8, 4) is 11.5 Å². The fourth-order valence-corrected chi connectivity index (χ4v) is 3.51. The molecule has 12 heteroatoms. The summed E-state index contributed by atoms with van der Waals surface area (Å²) in [6.45, 7) is 3.00. The quantitative estimate of drug-likeness (QED) is 0.126. The molecule has 0 spiro atoms. The average molecular weight is 532 g/mol. The molecule has 2 aromatic rings. The molecule has 0 radical (unpaired) electrons. The molecular weight excluding hydrogens is 515 g/mol. The van der Waals surface area contributed by atoms with Gasteiger partial charge < -0.3 is 14.2 Å². The summed E-state index contributed by atoms with van der Waals surface area (Å²) in [4.78, 5) is 22.5. The summed E-state index contributed by atoms with van der Waals surface area (Å²) in [5.74, 6) is -4.36. The van der Waals surface area contributed by atoms with Crippen molar-refractivity contribution in [2.75, 3.05) is 13.2 Å². The molecule has 0 saturated heterocycles. The number of benzene rings is 2. The van der Waals surface area contributed by atoms with E-state index in [9.17, 15) is 27.2 Å². The van der Waals surface area contributed by atoms with Crippen molar-refractivity contribution < 1.29 is 41.4 Å². The minimum Gasteiger partial charge on any atom is -0.464 e. The average Bonchev–Trinajstić information content (AvgIpc) is 2.73. The molecule has 0 atom stereocenters. The van der Waals surface area contributed by atoms with E-state index in [0.29, 0.717) is 11.6 Å². The summed E-state index contributed by atoms with van der Waals surface area (Å²) in [6.07, 6.45) is -5.38. The Balaban J connectivity index is 2.39. The first kappa shape index (κ1) is 27.0. The summed E-state index contributed by atoms with van der Waals surface area (Å²) in [5, 5.41) is -1.55. The number of alkyl halides is 4. The van der Waals surface area contributed by atoms with Crippen LogP contribution < -0.4 is 4.74 Å². The van der Waals surface area contributed by atoms with Crippen molar-refractivity contribution in [2.24, 2.45) is 0 Å². The van der Waals surface area contributed by atoms with Gasteiger partial charge >= 0.3 is 18.1 Å². The molecule has 2 rings (SSSR count). The molecule has 0 aliphatic carbocycles. The summed E-state index contributed by atoms with van der Waals surface area (Å²) < 4.78 is 68.1. The van der Waals surface area contributed by atoms with Crippen LogP contribution in [0.4, 0.5) is 17.6 Å². The first-order valence-corrected chi connectivity index (χ1v) is 10.5. The van der Waals surface area contributed by atoms with E-state index < -0.39 is 50.2 Å². The molecule has 2 aromatic carbocycles. The lowest BCUT2D eigenvalue weighted by molar-refractivity contribution is -0.159. The van der Waals surface area contributed by atoms with Gasteiger partial charge in [-0.15, -0.1) is 0 Å². The first-order chi connectivity index (χ1) is 15.3. The summed E-state index contributed by atoms with van der Waals surface area (Å²) in [7, 11) is 0. The van der Waals surface area contributed by atoms with Crippen LogP contribution in [0.3, 0.4) is 0 Å². The zero-order valence-electron chi connectivity index (χ0n) is 17.2. The van der Waals surface area contributed by atoms with Crippen LogP contribution in [0.5, 0.6) is 11.5 Å². The Kier molecular flexibility index (Phi) is 8.84. The summed E-state index contributed by atoms with van der Waals surface area (Å²) >= 11 is 17.9. The van der Waals surface area contributed by atoms with Gasteiger partial charge in [-0.3, -0.25) is 0 Å². The number of halogens is 7. The van der Waals surface area contributed by atoms with Crippen molar-refractivity contribution in [1.29, 1.82) is 0 Å². The maximum absolute atomic E-state index is 14.2. The van der Waals surface area contributed by atoms with Crippen LogP contribution in [0.25, 0.3) is 0 Å². The molecule has 0 aliphatic rings. The van der Waals surface area contributed by atoms with Gasteiger partial charge in [0.05, 0.1) is 23.8 Å². The number of carbonyl (C=O) groups is 2. The Labute approximate surface area is 201 Å². The van der Waals surface area contributed by atoms with Crippen molar-refractivity contribution >= 4 is 46.7 Å². The normalized spacial score (nSPS) is 11.8. The van der Waals surface area contributed by atoms with E-state index in [1.54, 1.807) is 0 Å². The van der Waals surface area contributed by atoms with Gasteiger partial charge in [0.2, 0.25) is 4.87 Å². The number of rotatable bonds is 8. The molecule has 0 aliphatic heterocycles. The standard InChI is InChI=1S/C21H17Cl3F4O5/c1-3-31-18(29)20(24,19(30)32-4-2)10-11-6-5-7-12(8-11)33-17-14(22)9-13(21(26,27)28)16(25)15(17)23/h5-9H,3-4,10H2,1-2H3. The SMILES string of the molecule is CCOC(=O)C(Cl)(Cc1cccc(Oc2c(Cl)cc(C(F)(F)F)c(F)c2Cl)c1)C(=O)OCC. The van der Waals surface area contributed by atoms with Gasteiger partial charge in [-0.1, -0.05) is 46.9 Å². The van der Waals surface area contributed by atoms with E-state index in [1.807, 2.05) is 0 Å². The van der Waals surface area contributed by atoms with Gasteiger partial charge in [-0.2, -0.15) is 13.2 Å². The van der Waals surface area contributed by atoms with Crippen LogP contribution >= 0.6 is 34.8 Å². The Bertz CT molecular complexity index is 1030. The number of carbonyl (C=O) groups excluding carboxylic acids is 2. The van der Waals surface area contributed by atoms with Gasteiger partial charge in [0.1, 0.15) is 10.8 Å². The van der Waals surface area contributed by atoms with Crippen LogP contribution in [-0.2, 0) is 31.7 Å². The Morgan fingerprint density at radius 1 is 1.00 bits per heavy atom. The summed E-state index contributed by atoms with van der Waals surface area (Å²) in [6, 6.07) is 5.99. The van der Waals surface area contributed by atoms with Gasteiger partial charge in [0.25, 0.3) is 0 Å². The van der Waals surface area contributed by atoms with Crippen molar-refractivity contribution in [3.63, 3.8) is 0 Å². The van der Waals surface area contributed by atoms with Gasteiger partial charge in [0, 0.05) is 6.42 Å². The maximum Gasteiger partial charge on any atom is 0.419 e. The lowest BCUT2D eigenvalue weighted by Gasteiger charge is -2.23. The maximum atomic E-state index is 14.2. The fraction of sp³-hybridized carbons (Fsp3) is 0.333. The molecule has 5 nitrogen and oxygen atoms in total. The molecule has 0 heterocycles. The van der Waals surface area contributed by atoms with Crippen LogP contribution in [0.1, 0.15) is 25.0 Å². The summed E-state index contributed by atoms with van der Waals surface area (Å²) in [5.41, 5.74) is -1.35. The number of esters is 2. The zero-order valence-corrected chi connectivity index (χ0v) is 19.5. The van der Waals surface area contributed by atoms with Crippen molar-refractivity contribution in [1.82, 2.24) is 0 Å². The highest BCUT2D eigenvalue weighted by molar-refractivity contribution is 6.44. The van der Waals surface area contributed by atoms with E-state index in [4.69, 9.17) is 49.0 Å². The minimum absolute atomic E-state index is 0.0257. The third-order valence-corrected chi connectivity index (χ3v) is 5.25. The third kappa shape index (κ3) is 6.22. The smallest absolute Gasteiger partial charge is 0.419 e. The molecular formula is C21H17Cl3F4O5. The number of hydrogen-bond acceptors (Lipinski definition) is 5. The zero-order chi connectivity index (χ0) is 25.0. The molecule has 0 unspecified atom stereocenters. The fourth-order valence-electron chi connectivity index (χ4n) is 2.71. The second-order valence-corrected chi connectivity index (χ2v) is 7.96. The molecule has 0 bridgehead atoms. The lowest BCUT2D eigenvalue weighted by atomic mass is 9.98. The third-order valence-electron chi connectivity index (χ3n) is 4.19. The van der Waals surface area contributed by atoms with Crippen molar-refractivity contribution in [2.45, 2.75) is 31.3 Å². The highest BCUT2D eigenvalue weighted by Gasteiger charge is 2.47. The predicted octanol–water partition coefficient (Wildman–Crippen LogP) is 6.59. The highest BCUT2D eigenvalue weighted by Crippen LogP contribution is 2.44. The second kappa shape index (κ2) is 10.8. The Morgan fingerprint density at radius 2 is 1.58 bits per heavy atom. The first-order valence-electron chi connectivity index (χ1n) is 9.40. The molecule has 0 aromatic heterocycles. The van der Waals surface area contributed by atoms with E-state index >= 15 is 0 Å². The van der Waals surface area contributed by atoms with E-state index in [1.165, 1.54) is 38.1 Å². The van der Waals surface area contributed by atoms with Gasteiger partial charge in [0.15, 0.2) is 11.6 Å². The number of ether oxygens (including phenoxy) is 3. The van der Waals surface area contributed by atoms with Gasteiger partial charge in [-0.05, 0) is 37.6 Å². The monoisotopic (exact) mass is 530 g/mol. The van der Waals surface area contributed by atoms with Crippen LogP contribution in [0.15, 0.2) is 30.3 Å². The highest BCUT2D eigenvalue weighted by atomic mass is 35.5. The minimum atomic E-state index is -5.01. The molecule has 180 valence electrons.